The summed E-state index contributed by atoms with van der Waals surface area (Å²) >= 11 is 8.57. The smallest absolute Gasteiger partial charge is 0.250 e. The van der Waals surface area contributed by atoms with E-state index in [2.05, 4.69) is 40.0 Å². The first-order valence-electron chi connectivity index (χ1n) is 14.7. The Hall–Kier alpha value is -2.54. The van der Waals surface area contributed by atoms with Crippen LogP contribution in [0, 0.1) is 0 Å². The van der Waals surface area contributed by atoms with Gasteiger partial charge in [0, 0.05) is 48.5 Å². The van der Waals surface area contributed by atoms with Gasteiger partial charge in [-0.2, -0.15) is 4.72 Å². The van der Waals surface area contributed by atoms with Gasteiger partial charge in [0.25, 0.3) is 10.0 Å². The zero-order valence-electron chi connectivity index (χ0n) is 23.8. The summed E-state index contributed by atoms with van der Waals surface area (Å²) in [6.45, 7) is 3.76. The molecule has 3 aliphatic rings. The molecule has 8 nitrogen and oxygen atoms in total. The molecule has 1 aromatic carbocycles. The van der Waals surface area contributed by atoms with Crippen LogP contribution in [-0.2, 0) is 19.6 Å². The first kappa shape index (κ1) is 30.5. The third-order valence-corrected chi connectivity index (χ3v) is 12.9. The van der Waals surface area contributed by atoms with Crippen LogP contribution in [0.1, 0.15) is 37.7 Å². The van der Waals surface area contributed by atoms with Gasteiger partial charge in [0.1, 0.15) is 10.3 Å². The maximum Gasteiger partial charge on any atom is 0.250 e. The van der Waals surface area contributed by atoms with Gasteiger partial charge in [-0.15, -0.1) is 22.7 Å². The molecule has 0 saturated carbocycles. The maximum absolute atomic E-state index is 13.5. The van der Waals surface area contributed by atoms with E-state index < -0.39 is 16.1 Å². The van der Waals surface area contributed by atoms with E-state index in [-0.39, 0.29) is 28.6 Å². The average molecular weight is 659 g/mol. The van der Waals surface area contributed by atoms with Gasteiger partial charge < -0.3 is 9.80 Å². The van der Waals surface area contributed by atoms with E-state index >= 15 is 0 Å². The van der Waals surface area contributed by atoms with E-state index in [9.17, 15) is 18.0 Å². The van der Waals surface area contributed by atoms with Crippen molar-refractivity contribution in [1.82, 2.24) is 19.4 Å². The van der Waals surface area contributed by atoms with Crippen molar-refractivity contribution in [2.24, 2.45) is 0 Å². The number of nitrogens with zero attached hydrogens (tertiary/aromatic N) is 3. The van der Waals surface area contributed by atoms with Crippen molar-refractivity contribution in [3.63, 3.8) is 0 Å². The van der Waals surface area contributed by atoms with Crippen molar-refractivity contribution < 1.29 is 18.0 Å². The highest BCUT2D eigenvalue weighted by molar-refractivity contribution is 7.91. The van der Waals surface area contributed by atoms with Crippen LogP contribution in [0.4, 0.5) is 0 Å². The highest BCUT2D eigenvalue weighted by Crippen LogP contribution is 2.37. The Morgan fingerprint density at radius 3 is 2.47 bits per heavy atom. The normalized spacial score (nSPS) is 21.8. The van der Waals surface area contributed by atoms with Gasteiger partial charge >= 0.3 is 0 Å². The molecular weight excluding hydrogens is 624 g/mol. The van der Waals surface area contributed by atoms with Gasteiger partial charge in [-0.3, -0.25) is 14.5 Å². The molecule has 0 aliphatic carbocycles. The van der Waals surface area contributed by atoms with Crippen LogP contribution in [0.15, 0.2) is 64.9 Å². The second kappa shape index (κ2) is 13.2. The number of rotatable bonds is 9. The molecule has 2 atom stereocenters. The van der Waals surface area contributed by atoms with E-state index in [1.807, 2.05) is 17.0 Å². The molecule has 5 heterocycles. The average Bonchev–Trinajstić information content (AvgIpc) is 3.78. The molecule has 2 aromatic heterocycles. The number of carbonyl (C=O) groups is 2. The number of benzene rings is 1. The number of thiophene rings is 2. The summed E-state index contributed by atoms with van der Waals surface area (Å²) in [5, 5.41) is 0. The fourth-order valence-corrected chi connectivity index (χ4v) is 9.87. The Morgan fingerprint density at radius 2 is 1.72 bits per heavy atom. The van der Waals surface area contributed by atoms with Crippen molar-refractivity contribution in [1.29, 1.82) is 0 Å². The van der Waals surface area contributed by atoms with Gasteiger partial charge in [-0.05, 0) is 67.5 Å². The van der Waals surface area contributed by atoms with Crippen LogP contribution in [-0.4, -0.2) is 86.3 Å². The molecule has 0 radical (unpaired) electrons. The predicted octanol–water partition coefficient (Wildman–Crippen LogP) is 5.18. The van der Waals surface area contributed by atoms with Crippen molar-refractivity contribution >= 4 is 61.7 Å². The molecule has 2 amide bonds. The van der Waals surface area contributed by atoms with Crippen LogP contribution >= 0.6 is 34.3 Å². The molecule has 6 rings (SSSR count). The number of amides is 2. The Bertz CT molecular complexity index is 1600. The van der Waals surface area contributed by atoms with E-state index in [0.717, 1.165) is 60.0 Å². The summed E-state index contributed by atoms with van der Waals surface area (Å²) in [5.41, 5.74) is 2.65. The van der Waals surface area contributed by atoms with Gasteiger partial charge in [0.15, 0.2) is 0 Å². The number of hydrogen-bond acceptors (Lipinski definition) is 7. The van der Waals surface area contributed by atoms with Crippen LogP contribution in [0.2, 0.25) is 4.34 Å². The standard InChI is InChI=1S/C31H35ClN4O4S3/c32-28-12-10-26(41-28)27-11-13-30(42-27)43(39,40)33-25-9-5-16-35(31(25)38)21-29(37)36-17-4-8-24(36)20-34-18-14-23(15-19-34)22-6-2-1-3-7-22/h1-3,6-7,10-14,24-25,33H,4-5,8-9,15-21H2/t24-,25-/m0/s1. The lowest BCUT2D eigenvalue weighted by Gasteiger charge is -2.35. The van der Waals surface area contributed by atoms with Crippen molar-refractivity contribution in [2.75, 3.05) is 39.3 Å². The topological polar surface area (TPSA) is 90.0 Å². The number of hydrogen-bond donors (Lipinski definition) is 1. The lowest BCUT2D eigenvalue weighted by Crippen LogP contribution is -2.55. The molecule has 2 fully saturated rings. The highest BCUT2D eigenvalue weighted by Gasteiger charge is 2.36. The zero-order chi connectivity index (χ0) is 30.0. The number of carbonyl (C=O) groups excluding carboxylic acids is 2. The second-order valence-corrected chi connectivity index (χ2v) is 16.0. The summed E-state index contributed by atoms with van der Waals surface area (Å²) in [4.78, 5) is 34.4. The second-order valence-electron chi connectivity index (χ2n) is 11.3. The van der Waals surface area contributed by atoms with E-state index in [0.29, 0.717) is 30.3 Å². The Morgan fingerprint density at radius 1 is 0.953 bits per heavy atom. The first-order chi connectivity index (χ1) is 20.8. The molecule has 3 aliphatic heterocycles. The van der Waals surface area contributed by atoms with Crippen LogP contribution in [0.25, 0.3) is 15.3 Å². The van der Waals surface area contributed by atoms with Gasteiger partial charge in [0.05, 0.1) is 10.9 Å². The number of piperidine rings is 1. The lowest BCUT2D eigenvalue weighted by atomic mass is 9.99. The maximum atomic E-state index is 13.5. The van der Waals surface area contributed by atoms with Crippen LogP contribution < -0.4 is 4.72 Å². The largest absolute Gasteiger partial charge is 0.337 e. The number of nitrogens with one attached hydrogen (secondary N) is 1. The summed E-state index contributed by atoms with van der Waals surface area (Å²) in [6.07, 6.45) is 6.21. The molecule has 1 N–H and O–H groups in total. The molecule has 3 aromatic rings. The fourth-order valence-electron chi connectivity index (χ4n) is 6.19. The molecule has 0 unspecified atom stereocenters. The Labute approximate surface area is 266 Å². The molecule has 0 bridgehead atoms. The number of sulfonamides is 1. The van der Waals surface area contributed by atoms with E-state index in [1.54, 1.807) is 18.2 Å². The Kier molecular flexibility index (Phi) is 9.37. The summed E-state index contributed by atoms with van der Waals surface area (Å²) in [7, 11) is -3.90. The number of halogens is 1. The minimum absolute atomic E-state index is 0.0199. The lowest BCUT2D eigenvalue weighted by molar-refractivity contribution is -0.143. The van der Waals surface area contributed by atoms with E-state index in [4.69, 9.17) is 11.6 Å². The highest BCUT2D eigenvalue weighted by atomic mass is 35.5. The number of likely N-dealkylation sites (tertiary alicyclic amines) is 2. The van der Waals surface area contributed by atoms with E-state index in [1.165, 1.54) is 27.4 Å². The molecular formula is C31H35ClN4O4S3. The molecule has 228 valence electrons. The molecule has 43 heavy (non-hydrogen) atoms. The first-order valence-corrected chi connectivity index (χ1v) is 18.2. The fraction of sp³-hybridized carbons (Fsp3) is 0.419. The minimum Gasteiger partial charge on any atom is -0.337 e. The van der Waals surface area contributed by atoms with Crippen molar-refractivity contribution in [2.45, 2.75) is 48.4 Å². The quantitative estimate of drug-likeness (QED) is 0.342. The SMILES string of the molecule is O=C1[C@@H](NS(=O)(=O)c2ccc(-c3ccc(Cl)s3)s2)CCCN1CC(=O)N1CCC[C@H]1CN1CC=C(c2ccccc2)CC1. The minimum atomic E-state index is -3.90. The summed E-state index contributed by atoms with van der Waals surface area (Å²) in [6, 6.07) is 16.7. The third-order valence-electron chi connectivity index (χ3n) is 8.42. The van der Waals surface area contributed by atoms with Gasteiger partial charge in [-0.1, -0.05) is 48.0 Å². The monoisotopic (exact) mass is 658 g/mol. The van der Waals surface area contributed by atoms with Crippen LogP contribution in [0.5, 0.6) is 0 Å². The zero-order valence-corrected chi connectivity index (χ0v) is 27.0. The third kappa shape index (κ3) is 7.08. The van der Waals surface area contributed by atoms with Crippen LogP contribution in [0.3, 0.4) is 0 Å². The van der Waals surface area contributed by atoms with Gasteiger partial charge in [0.2, 0.25) is 11.8 Å². The molecule has 2 saturated heterocycles. The summed E-state index contributed by atoms with van der Waals surface area (Å²) in [5.74, 6) is -0.398. The van der Waals surface area contributed by atoms with Crippen molar-refractivity contribution in [3.8, 4) is 9.75 Å². The Balaban J connectivity index is 1.04. The van der Waals surface area contributed by atoms with Crippen molar-refractivity contribution in [3.05, 3.63) is 70.6 Å². The summed E-state index contributed by atoms with van der Waals surface area (Å²) < 4.78 is 29.8. The molecule has 12 heteroatoms. The molecule has 0 spiro atoms. The predicted molar refractivity (Wildman–Crippen MR) is 173 cm³/mol. The van der Waals surface area contributed by atoms with Gasteiger partial charge in [-0.25, -0.2) is 8.42 Å².